The summed E-state index contributed by atoms with van der Waals surface area (Å²) in [5, 5.41) is 0.732. The quantitative estimate of drug-likeness (QED) is 0.621. The number of halogens is 1. The van der Waals surface area contributed by atoms with E-state index < -0.39 is 0 Å². The number of para-hydroxylation sites is 2. The van der Waals surface area contributed by atoms with Gasteiger partial charge in [0, 0.05) is 22.0 Å². The van der Waals surface area contributed by atoms with Crippen LogP contribution in [0.5, 0.6) is 5.75 Å². The lowest BCUT2D eigenvalue weighted by atomic mass is 10.0. The van der Waals surface area contributed by atoms with E-state index in [2.05, 4.69) is 47.4 Å². The Hall–Kier alpha value is -2.45. The molecule has 0 N–H and O–H groups in total. The number of fused-ring (bicyclic) bond motifs is 1. The van der Waals surface area contributed by atoms with Crippen molar-refractivity contribution in [2.24, 2.45) is 0 Å². The van der Waals surface area contributed by atoms with Crippen LogP contribution >= 0.6 is 11.6 Å². The van der Waals surface area contributed by atoms with Crippen LogP contribution in [0.15, 0.2) is 78.9 Å². The van der Waals surface area contributed by atoms with Crippen LogP contribution in [0.25, 0.3) is 0 Å². The molecule has 0 fully saturated rings. The second kappa shape index (κ2) is 5.98. The third-order valence-corrected chi connectivity index (χ3v) is 4.34. The molecule has 3 heteroatoms. The van der Waals surface area contributed by atoms with Crippen molar-refractivity contribution in [3.63, 3.8) is 0 Å². The standard InChI is InChI=1S/C20H16ClNO/c21-15-7-6-10-17(13-15)22(16-8-2-1-3-9-16)19-14-23-20-12-5-4-11-18(19)20/h1-13,19H,14H2. The number of hydrogen-bond acceptors (Lipinski definition) is 2. The molecule has 23 heavy (non-hydrogen) atoms. The molecule has 3 aromatic rings. The van der Waals surface area contributed by atoms with E-state index in [-0.39, 0.29) is 6.04 Å². The SMILES string of the molecule is Clc1cccc(N(c2ccccc2)C2COc3ccccc32)c1. The lowest BCUT2D eigenvalue weighted by molar-refractivity contribution is 0.332. The molecule has 0 amide bonds. The molecule has 4 rings (SSSR count). The van der Waals surface area contributed by atoms with Crippen molar-refractivity contribution in [2.45, 2.75) is 6.04 Å². The molecule has 114 valence electrons. The molecule has 1 aliphatic heterocycles. The van der Waals surface area contributed by atoms with Crippen LogP contribution in [0.4, 0.5) is 11.4 Å². The Balaban J connectivity index is 1.84. The molecule has 0 saturated heterocycles. The minimum atomic E-state index is 0.132. The maximum absolute atomic E-state index is 6.23. The first-order valence-electron chi connectivity index (χ1n) is 7.64. The van der Waals surface area contributed by atoms with E-state index in [9.17, 15) is 0 Å². The fourth-order valence-electron chi connectivity index (χ4n) is 3.08. The van der Waals surface area contributed by atoms with Crippen molar-refractivity contribution in [2.75, 3.05) is 11.5 Å². The minimum Gasteiger partial charge on any atom is -0.491 e. The number of nitrogens with zero attached hydrogens (tertiary/aromatic N) is 1. The van der Waals surface area contributed by atoms with Gasteiger partial charge in [-0.25, -0.2) is 0 Å². The Morgan fingerprint density at radius 1 is 0.826 bits per heavy atom. The van der Waals surface area contributed by atoms with E-state index in [0.29, 0.717) is 6.61 Å². The van der Waals surface area contributed by atoms with Gasteiger partial charge >= 0.3 is 0 Å². The summed E-state index contributed by atoms with van der Waals surface area (Å²) in [4.78, 5) is 2.29. The molecule has 1 aliphatic rings. The fraction of sp³-hybridized carbons (Fsp3) is 0.100. The van der Waals surface area contributed by atoms with Gasteiger partial charge in [0.1, 0.15) is 12.4 Å². The molecule has 0 bridgehead atoms. The van der Waals surface area contributed by atoms with Gasteiger partial charge in [0.15, 0.2) is 0 Å². The number of rotatable bonds is 3. The average molecular weight is 322 g/mol. The van der Waals surface area contributed by atoms with Crippen molar-refractivity contribution < 1.29 is 4.74 Å². The van der Waals surface area contributed by atoms with Gasteiger partial charge in [-0.1, -0.05) is 54.1 Å². The predicted octanol–water partition coefficient (Wildman–Crippen LogP) is 5.61. The van der Waals surface area contributed by atoms with Gasteiger partial charge in [0.25, 0.3) is 0 Å². The monoisotopic (exact) mass is 321 g/mol. The highest BCUT2D eigenvalue weighted by Gasteiger charge is 2.30. The summed E-state index contributed by atoms with van der Waals surface area (Å²) in [6, 6.07) is 26.7. The molecule has 3 aromatic carbocycles. The molecular weight excluding hydrogens is 306 g/mol. The maximum Gasteiger partial charge on any atom is 0.124 e. The summed E-state index contributed by atoms with van der Waals surface area (Å²) in [6.07, 6.45) is 0. The Bertz CT molecular complexity index is 819. The van der Waals surface area contributed by atoms with Crippen LogP contribution in [0.1, 0.15) is 11.6 Å². The third kappa shape index (κ3) is 2.66. The molecule has 0 aliphatic carbocycles. The molecule has 2 nitrogen and oxygen atoms in total. The van der Waals surface area contributed by atoms with E-state index in [4.69, 9.17) is 16.3 Å². The predicted molar refractivity (Wildman–Crippen MR) is 94.7 cm³/mol. The van der Waals surface area contributed by atoms with E-state index in [1.165, 1.54) is 5.56 Å². The number of hydrogen-bond donors (Lipinski definition) is 0. The zero-order valence-corrected chi connectivity index (χ0v) is 13.3. The highest BCUT2D eigenvalue weighted by molar-refractivity contribution is 6.30. The van der Waals surface area contributed by atoms with E-state index in [1.54, 1.807) is 0 Å². The summed E-state index contributed by atoms with van der Waals surface area (Å²) >= 11 is 6.23. The van der Waals surface area contributed by atoms with Crippen molar-refractivity contribution in [1.29, 1.82) is 0 Å². The Labute approximate surface area is 140 Å². The highest BCUT2D eigenvalue weighted by atomic mass is 35.5. The minimum absolute atomic E-state index is 0.132. The van der Waals surface area contributed by atoms with Gasteiger partial charge in [-0.15, -0.1) is 0 Å². The summed E-state index contributed by atoms with van der Waals surface area (Å²) in [7, 11) is 0. The Morgan fingerprint density at radius 3 is 2.39 bits per heavy atom. The molecule has 0 saturated carbocycles. The normalized spacial score (nSPS) is 15.8. The summed E-state index contributed by atoms with van der Waals surface area (Å²) in [5.74, 6) is 0.959. The number of benzene rings is 3. The average Bonchev–Trinajstić information content (AvgIpc) is 3.00. The first-order chi connectivity index (χ1) is 11.3. The second-order valence-corrected chi connectivity index (χ2v) is 5.99. The van der Waals surface area contributed by atoms with Gasteiger partial charge in [0.05, 0.1) is 6.04 Å². The smallest absolute Gasteiger partial charge is 0.124 e. The van der Waals surface area contributed by atoms with Crippen LogP contribution in [-0.2, 0) is 0 Å². The largest absolute Gasteiger partial charge is 0.491 e. The number of anilines is 2. The van der Waals surface area contributed by atoms with Crippen molar-refractivity contribution in [3.05, 3.63) is 89.4 Å². The second-order valence-electron chi connectivity index (χ2n) is 5.55. The summed E-state index contributed by atoms with van der Waals surface area (Å²) in [6.45, 7) is 0.626. The summed E-state index contributed by atoms with van der Waals surface area (Å²) < 4.78 is 5.89. The van der Waals surface area contributed by atoms with Crippen molar-refractivity contribution >= 4 is 23.0 Å². The molecule has 0 spiro atoms. The fourth-order valence-corrected chi connectivity index (χ4v) is 3.27. The zero-order chi connectivity index (χ0) is 15.6. The van der Waals surface area contributed by atoms with Crippen LogP contribution < -0.4 is 9.64 Å². The molecule has 1 unspecified atom stereocenters. The van der Waals surface area contributed by atoms with Gasteiger partial charge in [-0.2, -0.15) is 0 Å². The molecular formula is C20H16ClNO. The van der Waals surface area contributed by atoms with E-state index in [1.807, 2.05) is 36.4 Å². The van der Waals surface area contributed by atoms with Crippen LogP contribution in [-0.4, -0.2) is 6.61 Å². The Morgan fingerprint density at radius 2 is 1.57 bits per heavy atom. The van der Waals surface area contributed by atoms with Gasteiger partial charge in [-0.3, -0.25) is 0 Å². The van der Waals surface area contributed by atoms with E-state index in [0.717, 1.165) is 22.1 Å². The molecule has 0 aromatic heterocycles. The lowest BCUT2D eigenvalue weighted by Gasteiger charge is -2.30. The third-order valence-electron chi connectivity index (χ3n) is 4.11. The number of ether oxygens (including phenoxy) is 1. The topological polar surface area (TPSA) is 12.5 Å². The maximum atomic E-state index is 6.23. The first-order valence-corrected chi connectivity index (χ1v) is 8.02. The van der Waals surface area contributed by atoms with Gasteiger partial charge in [-0.05, 0) is 36.4 Å². The highest BCUT2D eigenvalue weighted by Crippen LogP contribution is 2.42. The van der Waals surface area contributed by atoms with Gasteiger partial charge in [0.2, 0.25) is 0 Å². The summed E-state index contributed by atoms with van der Waals surface area (Å²) in [5.41, 5.74) is 3.39. The molecule has 1 heterocycles. The molecule has 0 radical (unpaired) electrons. The first kappa shape index (κ1) is 14.2. The lowest BCUT2D eigenvalue weighted by Crippen LogP contribution is -2.25. The van der Waals surface area contributed by atoms with Crippen molar-refractivity contribution in [3.8, 4) is 5.75 Å². The van der Waals surface area contributed by atoms with E-state index >= 15 is 0 Å². The Kier molecular flexibility index (Phi) is 3.68. The van der Waals surface area contributed by atoms with Crippen LogP contribution in [0, 0.1) is 0 Å². The zero-order valence-electron chi connectivity index (χ0n) is 12.5. The van der Waals surface area contributed by atoms with Crippen LogP contribution in [0.2, 0.25) is 5.02 Å². The van der Waals surface area contributed by atoms with Crippen LogP contribution in [0.3, 0.4) is 0 Å². The van der Waals surface area contributed by atoms with Crippen molar-refractivity contribution in [1.82, 2.24) is 0 Å². The van der Waals surface area contributed by atoms with Gasteiger partial charge < -0.3 is 9.64 Å². The molecule has 1 atom stereocenters.